The van der Waals surface area contributed by atoms with Crippen molar-refractivity contribution in [2.75, 3.05) is 0 Å². The van der Waals surface area contributed by atoms with E-state index in [1.165, 1.54) is 6.42 Å². The fourth-order valence-electron chi connectivity index (χ4n) is 1.99. The third-order valence-electron chi connectivity index (χ3n) is 3.50. The molecular weight excluding hydrogens is 136 g/mol. The number of hydrogen-bond acceptors (Lipinski definition) is 1. The van der Waals surface area contributed by atoms with Crippen molar-refractivity contribution in [1.29, 1.82) is 0 Å². The van der Waals surface area contributed by atoms with Crippen LogP contribution in [0.3, 0.4) is 0 Å². The van der Waals surface area contributed by atoms with Gasteiger partial charge in [0.15, 0.2) is 0 Å². The Bertz CT molecular complexity index is 162. The Kier molecular flexibility index (Phi) is 2.36. The summed E-state index contributed by atoms with van der Waals surface area (Å²) in [5.41, 5.74) is -0.00174. The van der Waals surface area contributed by atoms with Crippen molar-refractivity contribution in [2.24, 2.45) is 11.3 Å². The van der Waals surface area contributed by atoms with Crippen LogP contribution < -0.4 is 0 Å². The summed E-state index contributed by atoms with van der Waals surface area (Å²) in [6, 6.07) is 0. The number of carbonyl (C=O) groups excluding carboxylic acids is 1. The normalized spacial score (nSPS) is 39.2. The number of Topliss-reactive ketones (excluding diaryl/α,β-unsaturated/α-hetero) is 1. The highest BCUT2D eigenvalue weighted by atomic mass is 16.1. The van der Waals surface area contributed by atoms with E-state index in [4.69, 9.17) is 0 Å². The van der Waals surface area contributed by atoms with E-state index in [0.717, 1.165) is 19.3 Å². The smallest absolute Gasteiger partial charge is 0.139 e. The maximum absolute atomic E-state index is 11.6. The predicted octanol–water partition coefficient (Wildman–Crippen LogP) is 2.79. The molecule has 2 unspecified atom stereocenters. The summed E-state index contributed by atoms with van der Waals surface area (Å²) >= 11 is 0. The van der Waals surface area contributed by atoms with Gasteiger partial charge in [-0.05, 0) is 25.2 Å². The fraction of sp³-hybridized carbons (Fsp3) is 0.900. The SMILES string of the molecule is CCC1(C)C(=O)CCCC1C. The third kappa shape index (κ3) is 1.33. The molecule has 0 aliphatic heterocycles. The average molecular weight is 154 g/mol. The lowest BCUT2D eigenvalue weighted by molar-refractivity contribution is -0.133. The molecule has 0 saturated heterocycles. The zero-order valence-corrected chi connectivity index (χ0v) is 7.81. The number of carbonyl (C=O) groups is 1. The third-order valence-corrected chi connectivity index (χ3v) is 3.50. The van der Waals surface area contributed by atoms with Crippen LogP contribution in [-0.2, 0) is 4.79 Å². The molecule has 0 heterocycles. The Morgan fingerprint density at radius 3 is 2.64 bits per heavy atom. The molecule has 11 heavy (non-hydrogen) atoms. The summed E-state index contributed by atoms with van der Waals surface area (Å²) in [5.74, 6) is 1.08. The highest BCUT2D eigenvalue weighted by Crippen LogP contribution is 2.40. The molecular formula is C10H18O. The molecule has 0 aromatic heterocycles. The van der Waals surface area contributed by atoms with Crippen molar-refractivity contribution in [3.63, 3.8) is 0 Å². The highest BCUT2D eigenvalue weighted by Gasteiger charge is 2.38. The maximum atomic E-state index is 11.6. The minimum Gasteiger partial charge on any atom is -0.299 e. The van der Waals surface area contributed by atoms with Gasteiger partial charge in [-0.25, -0.2) is 0 Å². The second-order valence-electron chi connectivity index (χ2n) is 3.99. The molecule has 0 aromatic carbocycles. The van der Waals surface area contributed by atoms with E-state index in [0.29, 0.717) is 11.7 Å². The van der Waals surface area contributed by atoms with Crippen LogP contribution in [0.25, 0.3) is 0 Å². The minimum atomic E-state index is -0.00174. The molecule has 1 nitrogen and oxygen atoms in total. The molecule has 1 saturated carbocycles. The van der Waals surface area contributed by atoms with Crippen molar-refractivity contribution in [3.05, 3.63) is 0 Å². The van der Waals surface area contributed by atoms with Gasteiger partial charge in [0.25, 0.3) is 0 Å². The first kappa shape index (κ1) is 8.76. The molecule has 2 atom stereocenters. The molecule has 0 radical (unpaired) electrons. The van der Waals surface area contributed by atoms with Crippen molar-refractivity contribution in [3.8, 4) is 0 Å². The lowest BCUT2D eigenvalue weighted by atomic mass is 9.66. The lowest BCUT2D eigenvalue weighted by Gasteiger charge is -2.37. The van der Waals surface area contributed by atoms with E-state index < -0.39 is 0 Å². The van der Waals surface area contributed by atoms with E-state index in [2.05, 4.69) is 20.8 Å². The van der Waals surface area contributed by atoms with Gasteiger partial charge in [0.2, 0.25) is 0 Å². The van der Waals surface area contributed by atoms with Crippen LogP contribution in [-0.4, -0.2) is 5.78 Å². The van der Waals surface area contributed by atoms with Crippen molar-refractivity contribution in [1.82, 2.24) is 0 Å². The quantitative estimate of drug-likeness (QED) is 0.567. The van der Waals surface area contributed by atoms with Gasteiger partial charge < -0.3 is 0 Å². The van der Waals surface area contributed by atoms with Crippen molar-refractivity contribution < 1.29 is 4.79 Å². The van der Waals surface area contributed by atoms with Gasteiger partial charge in [0, 0.05) is 11.8 Å². The largest absolute Gasteiger partial charge is 0.299 e. The monoisotopic (exact) mass is 154 g/mol. The van der Waals surface area contributed by atoms with Gasteiger partial charge >= 0.3 is 0 Å². The second-order valence-corrected chi connectivity index (χ2v) is 3.99. The Balaban J connectivity index is 2.77. The van der Waals surface area contributed by atoms with Crippen LogP contribution in [0.5, 0.6) is 0 Å². The minimum absolute atomic E-state index is 0.00174. The lowest BCUT2D eigenvalue weighted by Crippen LogP contribution is -2.37. The number of ketones is 1. The highest BCUT2D eigenvalue weighted by molar-refractivity contribution is 5.85. The summed E-state index contributed by atoms with van der Waals surface area (Å²) in [6.45, 7) is 6.46. The van der Waals surface area contributed by atoms with E-state index in [9.17, 15) is 4.79 Å². The van der Waals surface area contributed by atoms with E-state index >= 15 is 0 Å². The maximum Gasteiger partial charge on any atom is 0.139 e. The molecule has 0 spiro atoms. The van der Waals surface area contributed by atoms with Gasteiger partial charge in [0.05, 0.1) is 0 Å². The topological polar surface area (TPSA) is 17.1 Å². The predicted molar refractivity (Wildman–Crippen MR) is 46.4 cm³/mol. The zero-order valence-electron chi connectivity index (χ0n) is 7.81. The molecule has 64 valence electrons. The van der Waals surface area contributed by atoms with Crippen LogP contribution in [0.4, 0.5) is 0 Å². The van der Waals surface area contributed by atoms with Gasteiger partial charge in [-0.3, -0.25) is 4.79 Å². The molecule has 1 aliphatic rings. The molecule has 0 amide bonds. The molecule has 1 rings (SSSR count). The van der Waals surface area contributed by atoms with Crippen LogP contribution >= 0.6 is 0 Å². The first-order valence-corrected chi connectivity index (χ1v) is 4.64. The Morgan fingerprint density at radius 2 is 2.27 bits per heavy atom. The summed E-state index contributed by atoms with van der Waals surface area (Å²) < 4.78 is 0. The Hall–Kier alpha value is -0.330. The second kappa shape index (κ2) is 2.96. The molecule has 0 bridgehead atoms. The van der Waals surface area contributed by atoms with Gasteiger partial charge in [0.1, 0.15) is 5.78 Å². The van der Waals surface area contributed by atoms with Crippen molar-refractivity contribution in [2.45, 2.75) is 46.5 Å². The van der Waals surface area contributed by atoms with E-state index in [1.54, 1.807) is 0 Å². The molecule has 0 N–H and O–H groups in total. The van der Waals surface area contributed by atoms with Crippen molar-refractivity contribution >= 4 is 5.78 Å². The summed E-state index contributed by atoms with van der Waals surface area (Å²) in [5, 5.41) is 0. The average Bonchev–Trinajstić information content (AvgIpc) is 2.00. The Morgan fingerprint density at radius 1 is 1.64 bits per heavy atom. The van der Waals surface area contributed by atoms with Gasteiger partial charge in [-0.15, -0.1) is 0 Å². The van der Waals surface area contributed by atoms with E-state index in [-0.39, 0.29) is 5.41 Å². The van der Waals surface area contributed by atoms with Crippen LogP contribution in [0.15, 0.2) is 0 Å². The van der Waals surface area contributed by atoms with Crippen LogP contribution in [0.2, 0.25) is 0 Å². The molecule has 0 aromatic rings. The summed E-state index contributed by atoms with van der Waals surface area (Å²) in [4.78, 5) is 11.6. The first-order chi connectivity index (χ1) is 5.11. The summed E-state index contributed by atoms with van der Waals surface area (Å²) in [7, 11) is 0. The van der Waals surface area contributed by atoms with Gasteiger partial charge in [-0.1, -0.05) is 20.8 Å². The number of rotatable bonds is 1. The fourth-order valence-corrected chi connectivity index (χ4v) is 1.99. The first-order valence-electron chi connectivity index (χ1n) is 4.64. The zero-order chi connectivity index (χ0) is 8.48. The van der Waals surface area contributed by atoms with Crippen LogP contribution in [0, 0.1) is 11.3 Å². The summed E-state index contributed by atoms with van der Waals surface area (Å²) in [6.07, 6.45) is 4.16. The molecule has 1 heteroatoms. The van der Waals surface area contributed by atoms with Crippen LogP contribution in [0.1, 0.15) is 46.5 Å². The Labute approximate surface area is 69.2 Å². The standard InChI is InChI=1S/C10H18O/c1-4-10(3)8(2)6-5-7-9(10)11/h8H,4-7H2,1-3H3. The molecule has 1 aliphatic carbocycles. The number of hydrogen-bond donors (Lipinski definition) is 0. The molecule has 1 fully saturated rings. The van der Waals surface area contributed by atoms with Gasteiger partial charge in [-0.2, -0.15) is 0 Å². The van der Waals surface area contributed by atoms with E-state index in [1.807, 2.05) is 0 Å².